The van der Waals surface area contributed by atoms with Crippen molar-refractivity contribution in [1.29, 1.82) is 0 Å². The Bertz CT molecular complexity index is 921. The molecule has 2 heteroatoms. The van der Waals surface area contributed by atoms with Crippen molar-refractivity contribution in [2.24, 2.45) is 0 Å². The van der Waals surface area contributed by atoms with Gasteiger partial charge in [0.2, 0.25) is 0 Å². The average Bonchev–Trinajstić information content (AvgIpc) is 2.68. The molecule has 2 nitrogen and oxygen atoms in total. The van der Waals surface area contributed by atoms with Crippen molar-refractivity contribution < 1.29 is 0 Å². The van der Waals surface area contributed by atoms with Gasteiger partial charge in [-0.2, -0.15) is 0 Å². The van der Waals surface area contributed by atoms with Crippen LogP contribution < -0.4 is 0 Å². The molecule has 0 bridgehead atoms. The van der Waals surface area contributed by atoms with E-state index in [1.54, 1.807) is 0 Å². The van der Waals surface area contributed by atoms with E-state index in [1.807, 2.05) is 0 Å². The minimum atomic E-state index is 0.906. The van der Waals surface area contributed by atoms with Gasteiger partial charge in [-0.05, 0) is 62.1 Å². The lowest BCUT2D eigenvalue weighted by Gasteiger charge is -2.19. The third-order valence-electron chi connectivity index (χ3n) is 5.43. The van der Waals surface area contributed by atoms with Crippen LogP contribution in [-0.2, 0) is 25.9 Å². The Hall–Kier alpha value is -2.45. The molecule has 28 heavy (non-hydrogen) atoms. The minimum absolute atomic E-state index is 0.906. The van der Waals surface area contributed by atoms with E-state index in [1.165, 1.54) is 33.4 Å². The zero-order valence-electron chi connectivity index (χ0n) is 17.9. The molecule has 3 aromatic rings. The second-order valence-electron chi connectivity index (χ2n) is 7.76. The maximum Gasteiger partial charge on any atom is 0.0710 e. The highest BCUT2D eigenvalue weighted by Gasteiger charge is 2.12. The number of hydrogen-bond donors (Lipinski definition) is 0. The van der Waals surface area contributed by atoms with Crippen molar-refractivity contribution in [2.75, 3.05) is 7.05 Å². The highest BCUT2D eigenvalue weighted by atomic mass is 15.1. The van der Waals surface area contributed by atoms with E-state index in [4.69, 9.17) is 4.98 Å². The molecule has 1 aromatic heterocycles. The molecule has 0 spiro atoms. The average molecular weight is 373 g/mol. The Balaban J connectivity index is 1.81. The van der Waals surface area contributed by atoms with Crippen LogP contribution in [0.15, 0.2) is 54.6 Å². The zero-order valence-corrected chi connectivity index (χ0v) is 17.9. The van der Waals surface area contributed by atoms with E-state index in [0.717, 1.165) is 37.3 Å². The molecule has 0 N–H and O–H groups in total. The topological polar surface area (TPSA) is 16.1 Å². The van der Waals surface area contributed by atoms with Crippen molar-refractivity contribution in [2.45, 2.75) is 53.6 Å². The van der Waals surface area contributed by atoms with Gasteiger partial charge < -0.3 is 0 Å². The van der Waals surface area contributed by atoms with Crippen LogP contribution in [0.1, 0.15) is 47.4 Å². The van der Waals surface area contributed by atoms with E-state index in [-0.39, 0.29) is 0 Å². The number of pyridine rings is 1. The lowest BCUT2D eigenvalue weighted by atomic mass is 9.94. The number of benzene rings is 2. The Morgan fingerprint density at radius 1 is 0.786 bits per heavy atom. The second-order valence-corrected chi connectivity index (χ2v) is 7.76. The molecule has 0 aliphatic heterocycles. The summed E-state index contributed by atoms with van der Waals surface area (Å²) in [6.07, 6.45) is 2.07. The highest BCUT2D eigenvalue weighted by Crippen LogP contribution is 2.28. The molecule has 0 aliphatic rings. The number of rotatable bonds is 7. The van der Waals surface area contributed by atoms with Crippen molar-refractivity contribution in [1.82, 2.24) is 9.88 Å². The van der Waals surface area contributed by atoms with Crippen LogP contribution in [-0.4, -0.2) is 16.9 Å². The number of hydrogen-bond acceptors (Lipinski definition) is 2. The van der Waals surface area contributed by atoms with Crippen molar-refractivity contribution >= 4 is 0 Å². The van der Waals surface area contributed by atoms with Crippen molar-refractivity contribution in [3.05, 3.63) is 88.1 Å². The summed E-state index contributed by atoms with van der Waals surface area (Å²) in [5.41, 5.74) is 10.3. The molecule has 146 valence electrons. The van der Waals surface area contributed by atoms with Gasteiger partial charge in [-0.3, -0.25) is 9.88 Å². The van der Waals surface area contributed by atoms with E-state index < -0.39 is 0 Å². The fraction of sp³-hybridized carbons (Fsp3) is 0.346. The summed E-state index contributed by atoms with van der Waals surface area (Å²) in [6, 6.07) is 19.8. The fourth-order valence-corrected chi connectivity index (χ4v) is 3.94. The van der Waals surface area contributed by atoms with E-state index in [9.17, 15) is 0 Å². The van der Waals surface area contributed by atoms with Crippen molar-refractivity contribution in [3.8, 4) is 11.3 Å². The first kappa shape index (κ1) is 20.3. The third-order valence-corrected chi connectivity index (χ3v) is 5.43. The molecular weight excluding hydrogens is 340 g/mol. The van der Waals surface area contributed by atoms with Crippen LogP contribution in [0.2, 0.25) is 0 Å². The molecule has 0 radical (unpaired) electrons. The molecule has 3 rings (SSSR count). The molecule has 2 aromatic carbocycles. The van der Waals surface area contributed by atoms with Gasteiger partial charge in [-0.1, -0.05) is 67.9 Å². The predicted molar refractivity (Wildman–Crippen MR) is 120 cm³/mol. The summed E-state index contributed by atoms with van der Waals surface area (Å²) >= 11 is 0. The van der Waals surface area contributed by atoms with Gasteiger partial charge in [-0.15, -0.1) is 0 Å². The summed E-state index contributed by atoms with van der Waals surface area (Å²) < 4.78 is 0. The summed E-state index contributed by atoms with van der Waals surface area (Å²) in [6.45, 7) is 10.6. The fourth-order valence-electron chi connectivity index (χ4n) is 3.94. The Kier molecular flexibility index (Phi) is 6.64. The summed E-state index contributed by atoms with van der Waals surface area (Å²) in [7, 11) is 2.18. The molecule has 0 unspecified atom stereocenters. The standard InChI is InChI=1S/C26H32N2/c1-6-22-12-9-13-23(7-2)26(22)25-15-14-24(20(4)27-25)18-28(5)17-21-11-8-10-19(3)16-21/h8-16H,6-7,17-18H2,1-5H3. The lowest BCUT2D eigenvalue weighted by Crippen LogP contribution is -2.18. The maximum absolute atomic E-state index is 5.01. The molecule has 0 fully saturated rings. The van der Waals surface area contributed by atoms with Crippen LogP contribution in [0.4, 0.5) is 0 Å². The molecule has 0 atom stereocenters. The lowest BCUT2D eigenvalue weighted by molar-refractivity contribution is 0.318. The van der Waals surface area contributed by atoms with Gasteiger partial charge in [0.1, 0.15) is 0 Å². The molecule has 0 saturated carbocycles. The molecule has 0 saturated heterocycles. The van der Waals surface area contributed by atoms with Gasteiger partial charge in [0, 0.05) is 24.3 Å². The largest absolute Gasteiger partial charge is 0.298 e. The Morgan fingerprint density at radius 3 is 2.07 bits per heavy atom. The summed E-state index contributed by atoms with van der Waals surface area (Å²) in [5.74, 6) is 0. The zero-order chi connectivity index (χ0) is 20.1. The van der Waals surface area contributed by atoms with E-state index in [2.05, 4.69) is 94.2 Å². The molecule has 0 aliphatic carbocycles. The van der Waals surface area contributed by atoms with Crippen LogP contribution in [0.5, 0.6) is 0 Å². The van der Waals surface area contributed by atoms with Crippen LogP contribution in [0, 0.1) is 13.8 Å². The normalized spacial score (nSPS) is 11.2. The molecular formula is C26H32N2. The first-order valence-corrected chi connectivity index (χ1v) is 10.3. The quantitative estimate of drug-likeness (QED) is 0.496. The minimum Gasteiger partial charge on any atom is -0.298 e. The monoisotopic (exact) mass is 372 g/mol. The van der Waals surface area contributed by atoms with Crippen LogP contribution in [0.3, 0.4) is 0 Å². The molecule has 0 amide bonds. The van der Waals surface area contributed by atoms with Gasteiger partial charge in [0.15, 0.2) is 0 Å². The highest BCUT2D eigenvalue weighted by molar-refractivity contribution is 5.68. The summed E-state index contributed by atoms with van der Waals surface area (Å²) in [5, 5.41) is 0. The van der Waals surface area contributed by atoms with Gasteiger partial charge in [-0.25, -0.2) is 0 Å². The third kappa shape index (κ3) is 4.69. The van der Waals surface area contributed by atoms with E-state index >= 15 is 0 Å². The maximum atomic E-state index is 5.01. The van der Waals surface area contributed by atoms with Gasteiger partial charge in [0.25, 0.3) is 0 Å². The first-order chi connectivity index (χ1) is 13.5. The number of nitrogens with zero attached hydrogens (tertiary/aromatic N) is 2. The smallest absolute Gasteiger partial charge is 0.0710 e. The molecule has 1 heterocycles. The summed E-state index contributed by atoms with van der Waals surface area (Å²) in [4.78, 5) is 7.37. The Labute approximate surface area is 170 Å². The first-order valence-electron chi connectivity index (χ1n) is 10.3. The number of aromatic nitrogens is 1. The second kappa shape index (κ2) is 9.16. The van der Waals surface area contributed by atoms with Gasteiger partial charge >= 0.3 is 0 Å². The number of aryl methyl sites for hydroxylation is 4. The Morgan fingerprint density at radius 2 is 1.46 bits per heavy atom. The van der Waals surface area contributed by atoms with Gasteiger partial charge in [0.05, 0.1) is 5.69 Å². The van der Waals surface area contributed by atoms with Crippen LogP contribution >= 0.6 is 0 Å². The van der Waals surface area contributed by atoms with Crippen LogP contribution in [0.25, 0.3) is 11.3 Å². The van der Waals surface area contributed by atoms with Crippen molar-refractivity contribution in [3.63, 3.8) is 0 Å². The predicted octanol–water partition coefficient (Wildman–Crippen LogP) is 6.12. The van der Waals surface area contributed by atoms with E-state index in [0.29, 0.717) is 0 Å². The SMILES string of the molecule is CCc1cccc(CC)c1-c1ccc(CN(C)Cc2cccc(C)c2)c(C)n1.